The highest BCUT2D eigenvalue weighted by Crippen LogP contribution is 2.32. The van der Waals surface area contributed by atoms with Crippen LogP contribution in [0.3, 0.4) is 0 Å². The Kier molecular flexibility index (Phi) is 5.28. The van der Waals surface area contributed by atoms with Crippen LogP contribution < -0.4 is 15.0 Å². The van der Waals surface area contributed by atoms with Crippen molar-refractivity contribution in [1.82, 2.24) is 14.3 Å². The SMILES string of the molecule is COc1ccc(-c2cc(=O)n3cc(C4CCN(C)CC4)cc(C)c3n2)cc1OC. The van der Waals surface area contributed by atoms with E-state index < -0.39 is 0 Å². The molecule has 0 saturated carbocycles. The van der Waals surface area contributed by atoms with Gasteiger partial charge in [0, 0.05) is 17.8 Å². The summed E-state index contributed by atoms with van der Waals surface area (Å²) in [4.78, 5) is 20.1. The molecule has 29 heavy (non-hydrogen) atoms. The highest BCUT2D eigenvalue weighted by Gasteiger charge is 2.20. The van der Waals surface area contributed by atoms with Crippen molar-refractivity contribution in [3.8, 4) is 22.8 Å². The van der Waals surface area contributed by atoms with Gasteiger partial charge in [-0.05, 0) is 75.1 Å². The number of fused-ring (bicyclic) bond motifs is 1. The molecule has 0 unspecified atom stereocenters. The molecule has 152 valence electrons. The lowest BCUT2D eigenvalue weighted by Gasteiger charge is -2.29. The predicted octanol–water partition coefficient (Wildman–Crippen LogP) is 3.50. The summed E-state index contributed by atoms with van der Waals surface area (Å²) in [6.45, 7) is 4.21. The van der Waals surface area contributed by atoms with E-state index >= 15 is 0 Å². The minimum absolute atomic E-state index is 0.0716. The van der Waals surface area contributed by atoms with E-state index in [1.54, 1.807) is 24.7 Å². The zero-order valence-corrected chi connectivity index (χ0v) is 17.4. The van der Waals surface area contributed by atoms with E-state index in [9.17, 15) is 4.79 Å². The summed E-state index contributed by atoms with van der Waals surface area (Å²) in [6.07, 6.45) is 4.22. The maximum absolute atomic E-state index is 12.9. The molecule has 0 spiro atoms. The Morgan fingerprint density at radius 1 is 1.03 bits per heavy atom. The van der Waals surface area contributed by atoms with Crippen LogP contribution in [0.15, 0.2) is 41.3 Å². The smallest absolute Gasteiger partial charge is 0.258 e. The Labute approximate surface area is 170 Å². The van der Waals surface area contributed by atoms with Gasteiger partial charge in [0.1, 0.15) is 5.65 Å². The van der Waals surface area contributed by atoms with Crippen LogP contribution in [0.4, 0.5) is 0 Å². The largest absolute Gasteiger partial charge is 0.493 e. The summed E-state index contributed by atoms with van der Waals surface area (Å²) in [5, 5.41) is 0. The molecule has 0 N–H and O–H groups in total. The lowest BCUT2D eigenvalue weighted by molar-refractivity contribution is 0.255. The summed E-state index contributed by atoms with van der Waals surface area (Å²) < 4.78 is 12.4. The Morgan fingerprint density at radius 2 is 1.76 bits per heavy atom. The molecular formula is C23H27N3O3. The van der Waals surface area contributed by atoms with Gasteiger partial charge in [0.2, 0.25) is 0 Å². The number of methoxy groups -OCH3 is 2. The van der Waals surface area contributed by atoms with E-state index in [4.69, 9.17) is 14.5 Å². The fourth-order valence-electron chi connectivity index (χ4n) is 4.10. The fourth-order valence-corrected chi connectivity index (χ4v) is 4.10. The third-order valence-electron chi connectivity index (χ3n) is 5.84. The molecule has 0 atom stereocenters. The minimum atomic E-state index is -0.0716. The van der Waals surface area contributed by atoms with Crippen LogP contribution in [0, 0.1) is 6.92 Å². The van der Waals surface area contributed by atoms with E-state index in [0.717, 1.165) is 37.1 Å². The molecule has 2 aromatic heterocycles. The zero-order valence-electron chi connectivity index (χ0n) is 17.4. The lowest BCUT2D eigenvalue weighted by Crippen LogP contribution is -2.29. The predicted molar refractivity (Wildman–Crippen MR) is 114 cm³/mol. The van der Waals surface area contributed by atoms with Crippen molar-refractivity contribution < 1.29 is 9.47 Å². The average molecular weight is 393 g/mol. The van der Waals surface area contributed by atoms with Crippen molar-refractivity contribution >= 4 is 5.65 Å². The second kappa shape index (κ2) is 7.87. The van der Waals surface area contributed by atoms with E-state index in [0.29, 0.717) is 28.8 Å². The van der Waals surface area contributed by atoms with Gasteiger partial charge in [-0.3, -0.25) is 9.20 Å². The molecular weight excluding hydrogens is 366 g/mol. The maximum Gasteiger partial charge on any atom is 0.258 e. The number of likely N-dealkylation sites (tertiary alicyclic amines) is 1. The summed E-state index contributed by atoms with van der Waals surface area (Å²) in [6, 6.07) is 9.34. The Bertz CT molecular complexity index is 1100. The number of hydrogen-bond acceptors (Lipinski definition) is 5. The first-order chi connectivity index (χ1) is 14.0. The van der Waals surface area contributed by atoms with Crippen molar-refractivity contribution in [2.45, 2.75) is 25.7 Å². The number of pyridine rings is 1. The van der Waals surface area contributed by atoms with Crippen molar-refractivity contribution in [2.24, 2.45) is 0 Å². The third-order valence-corrected chi connectivity index (χ3v) is 5.84. The third kappa shape index (κ3) is 3.72. The summed E-state index contributed by atoms with van der Waals surface area (Å²) >= 11 is 0. The number of rotatable bonds is 4. The topological polar surface area (TPSA) is 56.1 Å². The molecule has 1 aromatic carbocycles. The Hall–Kier alpha value is -2.86. The molecule has 1 aliphatic rings. The minimum Gasteiger partial charge on any atom is -0.493 e. The average Bonchev–Trinajstić information content (AvgIpc) is 2.74. The molecule has 6 heteroatoms. The van der Waals surface area contributed by atoms with Crippen LogP contribution in [-0.4, -0.2) is 48.6 Å². The zero-order chi connectivity index (χ0) is 20.5. The Morgan fingerprint density at radius 3 is 2.45 bits per heavy atom. The molecule has 1 fully saturated rings. The molecule has 0 amide bonds. The van der Waals surface area contributed by atoms with Gasteiger partial charge < -0.3 is 14.4 Å². The number of aryl methyl sites for hydroxylation is 1. The molecule has 1 aliphatic heterocycles. The Balaban J connectivity index is 1.77. The highest BCUT2D eigenvalue weighted by atomic mass is 16.5. The number of piperidine rings is 1. The number of ether oxygens (including phenoxy) is 2. The number of nitrogens with zero attached hydrogens (tertiary/aromatic N) is 3. The molecule has 0 bridgehead atoms. The van der Waals surface area contributed by atoms with Crippen LogP contribution in [0.5, 0.6) is 11.5 Å². The molecule has 0 radical (unpaired) electrons. The summed E-state index contributed by atoms with van der Waals surface area (Å²) in [5.41, 5.74) is 4.32. The van der Waals surface area contributed by atoms with Crippen molar-refractivity contribution in [2.75, 3.05) is 34.4 Å². The van der Waals surface area contributed by atoms with Gasteiger partial charge in [0.05, 0.1) is 19.9 Å². The van der Waals surface area contributed by atoms with E-state index in [1.807, 2.05) is 31.3 Å². The van der Waals surface area contributed by atoms with Crippen LogP contribution in [0.2, 0.25) is 0 Å². The fraction of sp³-hybridized carbons (Fsp3) is 0.391. The van der Waals surface area contributed by atoms with Gasteiger partial charge in [-0.25, -0.2) is 4.98 Å². The molecule has 3 aromatic rings. The second-order valence-corrected chi connectivity index (χ2v) is 7.78. The molecule has 1 saturated heterocycles. The monoisotopic (exact) mass is 393 g/mol. The lowest BCUT2D eigenvalue weighted by atomic mass is 9.90. The number of hydrogen-bond donors (Lipinski definition) is 0. The van der Waals surface area contributed by atoms with Crippen molar-refractivity contribution in [3.05, 3.63) is 58.0 Å². The normalized spacial score (nSPS) is 15.6. The van der Waals surface area contributed by atoms with Crippen LogP contribution >= 0.6 is 0 Å². The standard InChI is InChI=1S/C23H27N3O3/c1-15-11-18(16-7-9-25(2)10-8-16)14-26-22(27)13-19(24-23(15)26)17-5-6-20(28-3)21(12-17)29-4/h5-6,11-14,16H,7-10H2,1-4H3. The van der Waals surface area contributed by atoms with Gasteiger partial charge in [-0.2, -0.15) is 0 Å². The molecule has 6 nitrogen and oxygen atoms in total. The van der Waals surface area contributed by atoms with Crippen LogP contribution in [0.25, 0.3) is 16.9 Å². The highest BCUT2D eigenvalue weighted by molar-refractivity contribution is 5.66. The first kappa shape index (κ1) is 19.5. The van der Waals surface area contributed by atoms with Crippen molar-refractivity contribution in [3.63, 3.8) is 0 Å². The van der Waals surface area contributed by atoms with E-state index in [2.05, 4.69) is 18.0 Å². The van der Waals surface area contributed by atoms with Gasteiger partial charge in [0.25, 0.3) is 5.56 Å². The van der Waals surface area contributed by atoms with Crippen LogP contribution in [0.1, 0.15) is 29.9 Å². The van der Waals surface area contributed by atoms with E-state index in [1.165, 1.54) is 5.56 Å². The number of aromatic nitrogens is 2. The first-order valence-corrected chi connectivity index (χ1v) is 9.95. The van der Waals surface area contributed by atoms with Crippen molar-refractivity contribution in [1.29, 1.82) is 0 Å². The molecule has 3 heterocycles. The number of benzene rings is 1. The second-order valence-electron chi connectivity index (χ2n) is 7.78. The molecule has 0 aliphatic carbocycles. The quantitative estimate of drug-likeness (QED) is 0.679. The first-order valence-electron chi connectivity index (χ1n) is 9.95. The van der Waals surface area contributed by atoms with Gasteiger partial charge in [0.15, 0.2) is 11.5 Å². The summed E-state index contributed by atoms with van der Waals surface area (Å²) in [7, 11) is 5.36. The van der Waals surface area contributed by atoms with Gasteiger partial charge in [-0.1, -0.05) is 6.07 Å². The van der Waals surface area contributed by atoms with Gasteiger partial charge in [-0.15, -0.1) is 0 Å². The van der Waals surface area contributed by atoms with Crippen LogP contribution in [-0.2, 0) is 0 Å². The maximum atomic E-state index is 12.9. The summed E-state index contributed by atoms with van der Waals surface area (Å²) in [5.74, 6) is 1.75. The van der Waals surface area contributed by atoms with Gasteiger partial charge >= 0.3 is 0 Å². The molecule has 4 rings (SSSR count). The van der Waals surface area contributed by atoms with E-state index in [-0.39, 0.29) is 5.56 Å².